The van der Waals surface area contributed by atoms with Gasteiger partial charge in [-0.2, -0.15) is 0 Å². The predicted octanol–water partition coefficient (Wildman–Crippen LogP) is 11.8. The van der Waals surface area contributed by atoms with Gasteiger partial charge in [-0.3, -0.25) is 0 Å². The van der Waals surface area contributed by atoms with E-state index in [0.717, 1.165) is 22.6 Å². The number of benzene rings is 7. The largest absolute Gasteiger partial charge is 0.310 e. The average Bonchev–Trinajstić information content (AvgIpc) is 3.09. The van der Waals surface area contributed by atoms with Gasteiger partial charge in [0.1, 0.15) is 0 Å². The summed E-state index contributed by atoms with van der Waals surface area (Å²) in [5.74, 6) is 0. The molecule has 7 rings (SSSR count). The molecular formula is C42H31N. The van der Waals surface area contributed by atoms with Crippen LogP contribution in [0.25, 0.3) is 45.2 Å². The van der Waals surface area contributed by atoms with E-state index in [0.29, 0.717) is 0 Å². The fraction of sp³-hybridized carbons (Fsp3) is 0. The van der Waals surface area contributed by atoms with Crippen molar-refractivity contribution in [3.8, 4) is 22.3 Å². The second-order valence-electron chi connectivity index (χ2n) is 10.7. The lowest BCUT2D eigenvalue weighted by molar-refractivity contribution is 1.29. The Morgan fingerprint density at radius 3 is 1.33 bits per heavy atom. The average molecular weight is 550 g/mol. The summed E-state index contributed by atoms with van der Waals surface area (Å²) in [6.07, 6.45) is 4.35. The smallest absolute Gasteiger partial charge is 0.0468 e. The first-order valence-corrected chi connectivity index (χ1v) is 14.7. The number of fused-ring (bicyclic) bond motifs is 1. The normalized spacial score (nSPS) is 11.2. The van der Waals surface area contributed by atoms with E-state index in [1.54, 1.807) is 0 Å². The van der Waals surface area contributed by atoms with Gasteiger partial charge in [0.2, 0.25) is 0 Å². The molecule has 1 heteroatoms. The lowest BCUT2D eigenvalue weighted by atomic mass is 9.99. The zero-order chi connectivity index (χ0) is 28.8. The SMILES string of the molecule is C(=C\c1ccc(N(c2ccccc2)c2ccc3ccccc3c2)cc1)/c1ccc(-c2ccc(-c3ccccc3)cc2)cc1. The third-order valence-electron chi connectivity index (χ3n) is 7.86. The highest BCUT2D eigenvalue weighted by Crippen LogP contribution is 2.36. The zero-order valence-corrected chi connectivity index (χ0v) is 23.8. The monoisotopic (exact) mass is 549 g/mol. The Morgan fingerprint density at radius 1 is 0.302 bits per heavy atom. The van der Waals surface area contributed by atoms with Crippen LogP contribution in [-0.4, -0.2) is 0 Å². The predicted molar refractivity (Wildman–Crippen MR) is 185 cm³/mol. The van der Waals surface area contributed by atoms with Gasteiger partial charge in [-0.05, 0) is 80.6 Å². The van der Waals surface area contributed by atoms with Crippen molar-refractivity contribution in [3.05, 3.63) is 187 Å². The highest BCUT2D eigenvalue weighted by molar-refractivity contribution is 5.89. The van der Waals surface area contributed by atoms with Crippen molar-refractivity contribution in [2.24, 2.45) is 0 Å². The Balaban J connectivity index is 1.09. The second kappa shape index (κ2) is 12.1. The van der Waals surface area contributed by atoms with Gasteiger partial charge in [-0.25, -0.2) is 0 Å². The van der Waals surface area contributed by atoms with E-state index in [4.69, 9.17) is 0 Å². The molecule has 7 aromatic carbocycles. The van der Waals surface area contributed by atoms with Crippen LogP contribution >= 0.6 is 0 Å². The van der Waals surface area contributed by atoms with Crippen molar-refractivity contribution in [1.29, 1.82) is 0 Å². The van der Waals surface area contributed by atoms with Crippen molar-refractivity contribution in [2.45, 2.75) is 0 Å². The summed E-state index contributed by atoms with van der Waals surface area (Å²) in [6.45, 7) is 0. The van der Waals surface area contributed by atoms with E-state index in [1.165, 1.54) is 38.6 Å². The molecule has 0 aliphatic rings. The van der Waals surface area contributed by atoms with Crippen LogP contribution in [-0.2, 0) is 0 Å². The quantitative estimate of drug-likeness (QED) is 0.179. The molecule has 1 nitrogen and oxygen atoms in total. The third kappa shape index (κ3) is 5.88. The summed E-state index contributed by atoms with van der Waals surface area (Å²) in [5, 5.41) is 2.48. The van der Waals surface area contributed by atoms with Crippen molar-refractivity contribution in [2.75, 3.05) is 4.90 Å². The van der Waals surface area contributed by atoms with Gasteiger partial charge in [0, 0.05) is 17.1 Å². The first kappa shape index (κ1) is 26.3. The van der Waals surface area contributed by atoms with Crippen LogP contribution in [0, 0.1) is 0 Å². The van der Waals surface area contributed by atoms with E-state index >= 15 is 0 Å². The minimum Gasteiger partial charge on any atom is -0.310 e. The second-order valence-corrected chi connectivity index (χ2v) is 10.7. The van der Waals surface area contributed by atoms with Crippen LogP contribution in [0.2, 0.25) is 0 Å². The maximum absolute atomic E-state index is 2.31. The van der Waals surface area contributed by atoms with Crippen LogP contribution in [0.3, 0.4) is 0 Å². The first-order valence-electron chi connectivity index (χ1n) is 14.7. The minimum atomic E-state index is 1.13. The molecule has 0 spiro atoms. The van der Waals surface area contributed by atoms with Gasteiger partial charge < -0.3 is 4.90 Å². The summed E-state index contributed by atoms with van der Waals surface area (Å²) in [7, 11) is 0. The van der Waals surface area contributed by atoms with Crippen LogP contribution in [0.1, 0.15) is 11.1 Å². The Hall–Kier alpha value is -5.66. The molecule has 204 valence electrons. The fourth-order valence-electron chi connectivity index (χ4n) is 5.54. The maximum Gasteiger partial charge on any atom is 0.0468 e. The van der Waals surface area contributed by atoms with E-state index < -0.39 is 0 Å². The third-order valence-corrected chi connectivity index (χ3v) is 7.86. The van der Waals surface area contributed by atoms with Gasteiger partial charge in [-0.15, -0.1) is 0 Å². The molecule has 0 aliphatic carbocycles. The molecule has 0 amide bonds. The summed E-state index contributed by atoms with van der Waals surface area (Å²) in [6, 6.07) is 62.5. The summed E-state index contributed by atoms with van der Waals surface area (Å²) >= 11 is 0. The molecule has 0 bridgehead atoms. The number of anilines is 3. The molecule has 0 heterocycles. The Kier molecular flexibility index (Phi) is 7.36. The molecule has 0 saturated carbocycles. The van der Waals surface area contributed by atoms with Crippen LogP contribution in [0.5, 0.6) is 0 Å². The first-order chi connectivity index (χ1) is 21.3. The Morgan fingerprint density at radius 2 is 0.721 bits per heavy atom. The van der Waals surface area contributed by atoms with Gasteiger partial charge >= 0.3 is 0 Å². The van der Waals surface area contributed by atoms with E-state index in [2.05, 4.69) is 193 Å². The topological polar surface area (TPSA) is 3.24 Å². The zero-order valence-electron chi connectivity index (χ0n) is 23.8. The van der Waals surface area contributed by atoms with Crippen molar-refractivity contribution in [3.63, 3.8) is 0 Å². The van der Waals surface area contributed by atoms with E-state index in [1.807, 2.05) is 0 Å². The molecule has 0 saturated heterocycles. The lowest BCUT2D eigenvalue weighted by Crippen LogP contribution is -2.09. The van der Waals surface area contributed by atoms with E-state index in [-0.39, 0.29) is 0 Å². The number of hydrogen-bond acceptors (Lipinski definition) is 1. The van der Waals surface area contributed by atoms with Crippen LogP contribution < -0.4 is 4.90 Å². The molecule has 0 aromatic heterocycles. The highest BCUT2D eigenvalue weighted by Gasteiger charge is 2.12. The van der Waals surface area contributed by atoms with Gasteiger partial charge in [0.05, 0.1) is 0 Å². The van der Waals surface area contributed by atoms with Gasteiger partial charge in [-0.1, -0.05) is 152 Å². The Labute approximate surface area is 253 Å². The molecule has 43 heavy (non-hydrogen) atoms. The highest BCUT2D eigenvalue weighted by atomic mass is 15.1. The molecule has 0 atom stereocenters. The molecule has 0 aliphatic heterocycles. The summed E-state index contributed by atoms with van der Waals surface area (Å²) < 4.78 is 0. The summed E-state index contributed by atoms with van der Waals surface area (Å²) in [4.78, 5) is 2.31. The molecule has 7 aromatic rings. The van der Waals surface area contributed by atoms with Crippen molar-refractivity contribution in [1.82, 2.24) is 0 Å². The number of para-hydroxylation sites is 1. The molecule has 0 N–H and O–H groups in total. The Bertz CT molecular complexity index is 1970. The van der Waals surface area contributed by atoms with Crippen molar-refractivity contribution < 1.29 is 0 Å². The maximum atomic E-state index is 2.31. The lowest BCUT2D eigenvalue weighted by Gasteiger charge is -2.26. The molecule has 0 radical (unpaired) electrons. The number of nitrogens with zero attached hydrogens (tertiary/aromatic N) is 1. The fourth-order valence-corrected chi connectivity index (χ4v) is 5.54. The van der Waals surface area contributed by atoms with E-state index in [9.17, 15) is 0 Å². The number of rotatable bonds is 7. The van der Waals surface area contributed by atoms with Crippen LogP contribution in [0.4, 0.5) is 17.1 Å². The molecular weight excluding hydrogens is 518 g/mol. The standard InChI is InChI=1S/C42H31N/c1-3-9-34(10-4-1)37-23-25-38(26-24-37)36-21-17-32(18-22-36)15-16-33-19-28-41(29-20-33)43(40-13-5-2-6-14-40)42-30-27-35-11-7-8-12-39(35)31-42/h1-31H/b16-15+. The molecule has 0 unspecified atom stereocenters. The molecule has 0 fully saturated rings. The van der Waals surface area contributed by atoms with Gasteiger partial charge in [0.15, 0.2) is 0 Å². The number of hydrogen-bond donors (Lipinski definition) is 0. The van der Waals surface area contributed by atoms with Crippen molar-refractivity contribution >= 4 is 40.0 Å². The van der Waals surface area contributed by atoms with Gasteiger partial charge in [0.25, 0.3) is 0 Å². The summed E-state index contributed by atoms with van der Waals surface area (Å²) in [5.41, 5.74) is 10.7. The van der Waals surface area contributed by atoms with Crippen LogP contribution in [0.15, 0.2) is 176 Å². The minimum absolute atomic E-state index is 1.13.